The van der Waals surface area contributed by atoms with Gasteiger partial charge < -0.3 is 15.5 Å². The van der Waals surface area contributed by atoms with Gasteiger partial charge in [0, 0.05) is 30.1 Å². The molecule has 1 saturated heterocycles. The molecule has 8 heteroatoms. The fraction of sp³-hybridized carbons (Fsp3) is 0.389. The Morgan fingerprint density at radius 1 is 1.23 bits per heavy atom. The summed E-state index contributed by atoms with van der Waals surface area (Å²) < 4.78 is 6.32. The molecule has 1 aromatic heterocycles. The minimum atomic E-state index is -0.0789. The van der Waals surface area contributed by atoms with Gasteiger partial charge in [0.25, 0.3) is 5.91 Å². The maximum Gasteiger partial charge on any atom is 0.254 e. The van der Waals surface area contributed by atoms with E-state index in [0.29, 0.717) is 17.9 Å². The summed E-state index contributed by atoms with van der Waals surface area (Å²) in [4.78, 5) is 14.6. The molecule has 1 aromatic carbocycles. The molecule has 26 heavy (non-hydrogen) atoms. The number of rotatable bonds is 5. The molecule has 5 nitrogen and oxygen atoms in total. The number of amides is 1. The predicted molar refractivity (Wildman–Crippen MR) is 111 cm³/mol. The summed E-state index contributed by atoms with van der Waals surface area (Å²) in [5.41, 5.74) is 7.36. The van der Waals surface area contributed by atoms with Crippen LogP contribution in [0.4, 0.5) is 0 Å². The molecule has 1 aliphatic heterocycles. The first-order valence-corrected chi connectivity index (χ1v) is 8.98. The van der Waals surface area contributed by atoms with Crippen molar-refractivity contribution < 1.29 is 9.21 Å². The van der Waals surface area contributed by atoms with Gasteiger partial charge in [0.1, 0.15) is 12.0 Å². The standard InChI is InChI=1S/C18H22BrN3O2.2ClH/c19-15-3-1-13(2-4-15)11-22-7-5-16(6-8-22)21-18(23)14-9-17(10-20)24-12-14;;/h1-4,9,12,16H,5-8,10-11,20H2,(H,21,23);2*1H. The predicted octanol–water partition coefficient (Wildman–Crippen LogP) is 3.74. The molecular weight excluding hydrogens is 441 g/mol. The fourth-order valence-corrected chi connectivity index (χ4v) is 3.22. The van der Waals surface area contributed by atoms with E-state index in [1.165, 1.54) is 11.8 Å². The van der Waals surface area contributed by atoms with E-state index in [-0.39, 0.29) is 36.8 Å². The van der Waals surface area contributed by atoms with Gasteiger partial charge in [0.05, 0.1) is 12.1 Å². The number of nitrogens with one attached hydrogen (secondary N) is 1. The lowest BCUT2D eigenvalue weighted by Crippen LogP contribution is -2.44. The first kappa shape index (κ1) is 23.0. The van der Waals surface area contributed by atoms with Crippen LogP contribution in [0.3, 0.4) is 0 Å². The zero-order chi connectivity index (χ0) is 16.9. The average Bonchev–Trinajstić information content (AvgIpc) is 3.08. The van der Waals surface area contributed by atoms with Crippen molar-refractivity contribution in [3.8, 4) is 0 Å². The van der Waals surface area contributed by atoms with Gasteiger partial charge >= 0.3 is 0 Å². The molecule has 0 saturated carbocycles. The Hall–Kier alpha value is -1.05. The van der Waals surface area contributed by atoms with E-state index in [1.807, 2.05) is 0 Å². The molecule has 0 unspecified atom stereocenters. The number of hydrogen-bond acceptors (Lipinski definition) is 4. The summed E-state index contributed by atoms with van der Waals surface area (Å²) >= 11 is 3.46. The number of carbonyl (C=O) groups excluding carboxylic acids is 1. The monoisotopic (exact) mass is 463 g/mol. The molecule has 1 aliphatic rings. The number of nitrogens with zero attached hydrogens (tertiary/aromatic N) is 1. The van der Waals surface area contributed by atoms with Crippen molar-refractivity contribution in [2.45, 2.75) is 32.0 Å². The summed E-state index contributed by atoms with van der Waals surface area (Å²) in [6, 6.07) is 10.4. The van der Waals surface area contributed by atoms with E-state index in [4.69, 9.17) is 10.2 Å². The quantitative estimate of drug-likeness (QED) is 0.706. The summed E-state index contributed by atoms with van der Waals surface area (Å²) in [6.07, 6.45) is 3.40. The van der Waals surface area contributed by atoms with Crippen molar-refractivity contribution in [1.82, 2.24) is 10.2 Å². The SMILES string of the molecule is Cl.Cl.NCc1cc(C(=O)NC2CCN(Cc3ccc(Br)cc3)CC2)co1. The zero-order valence-corrected chi connectivity index (χ0v) is 17.5. The molecule has 144 valence electrons. The van der Waals surface area contributed by atoms with E-state index < -0.39 is 0 Å². The van der Waals surface area contributed by atoms with Gasteiger partial charge in [-0.3, -0.25) is 9.69 Å². The van der Waals surface area contributed by atoms with Crippen molar-refractivity contribution in [2.24, 2.45) is 5.73 Å². The van der Waals surface area contributed by atoms with E-state index in [0.717, 1.165) is 36.9 Å². The highest BCUT2D eigenvalue weighted by Crippen LogP contribution is 2.17. The van der Waals surface area contributed by atoms with Gasteiger partial charge in [0.15, 0.2) is 0 Å². The lowest BCUT2D eigenvalue weighted by Gasteiger charge is -2.32. The van der Waals surface area contributed by atoms with Crippen molar-refractivity contribution in [2.75, 3.05) is 13.1 Å². The number of likely N-dealkylation sites (tertiary alicyclic amines) is 1. The van der Waals surface area contributed by atoms with Gasteiger partial charge in [-0.05, 0) is 36.6 Å². The molecule has 2 aromatic rings. The van der Waals surface area contributed by atoms with Crippen LogP contribution in [0.1, 0.15) is 34.5 Å². The van der Waals surface area contributed by atoms with Crippen LogP contribution < -0.4 is 11.1 Å². The summed E-state index contributed by atoms with van der Waals surface area (Å²) in [7, 11) is 0. The third-order valence-corrected chi connectivity index (χ3v) is 4.89. The zero-order valence-electron chi connectivity index (χ0n) is 14.3. The number of piperidine rings is 1. The Balaban J connectivity index is 0.00000169. The summed E-state index contributed by atoms with van der Waals surface area (Å²) in [5, 5.41) is 3.09. The van der Waals surface area contributed by atoms with Gasteiger partial charge in [-0.1, -0.05) is 28.1 Å². The highest BCUT2D eigenvalue weighted by molar-refractivity contribution is 9.10. The summed E-state index contributed by atoms with van der Waals surface area (Å²) in [6.45, 7) is 3.23. The van der Waals surface area contributed by atoms with E-state index in [9.17, 15) is 4.79 Å². The maximum atomic E-state index is 12.2. The molecule has 0 atom stereocenters. The van der Waals surface area contributed by atoms with Crippen LogP contribution in [0, 0.1) is 0 Å². The number of hydrogen-bond donors (Lipinski definition) is 2. The summed E-state index contributed by atoms with van der Waals surface area (Å²) in [5.74, 6) is 0.550. The second-order valence-electron chi connectivity index (χ2n) is 6.16. The highest BCUT2D eigenvalue weighted by atomic mass is 79.9. The van der Waals surface area contributed by atoms with E-state index in [2.05, 4.69) is 50.4 Å². The molecular formula is C18H24BrCl2N3O2. The van der Waals surface area contributed by atoms with Crippen LogP contribution in [0.5, 0.6) is 0 Å². The molecule has 1 fully saturated rings. The number of halogens is 3. The van der Waals surface area contributed by atoms with E-state index in [1.54, 1.807) is 6.07 Å². The molecule has 0 bridgehead atoms. The topological polar surface area (TPSA) is 71.5 Å². The highest BCUT2D eigenvalue weighted by Gasteiger charge is 2.21. The smallest absolute Gasteiger partial charge is 0.254 e. The van der Waals surface area contributed by atoms with Crippen LogP contribution in [0.2, 0.25) is 0 Å². The Bertz CT molecular complexity index is 686. The average molecular weight is 465 g/mol. The second kappa shape index (κ2) is 10.9. The molecule has 2 heterocycles. The normalized spacial score (nSPS) is 15.0. The Morgan fingerprint density at radius 3 is 2.46 bits per heavy atom. The van der Waals surface area contributed by atoms with Crippen molar-refractivity contribution in [3.63, 3.8) is 0 Å². The molecule has 0 radical (unpaired) electrons. The lowest BCUT2D eigenvalue weighted by atomic mass is 10.0. The minimum Gasteiger partial charge on any atom is -0.467 e. The molecule has 3 N–H and O–H groups in total. The van der Waals surface area contributed by atoms with Gasteiger partial charge in [-0.2, -0.15) is 0 Å². The maximum absolute atomic E-state index is 12.2. The largest absolute Gasteiger partial charge is 0.467 e. The van der Waals surface area contributed by atoms with Gasteiger partial charge in [-0.25, -0.2) is 0 Å². The third kappa shape index (κ3) is 6.28. The van der Waals surface area contributed by atoms with Crippen LogP contribution in [-0.2, 0) is 13.1 Å². The number of benzene rings is 1. The third-order valence-electron chi connectivity index (χ3n) is 4.36. The molecule has 1 amide bonds. The Labute approximate surface area is 174 Å². The van der Waals surface area contributed by atoms with E-state index >= 15 is 0 Å². The fourth-order valence-electron chi connectivity index (χ4n) is 2.96. The number of carbonyl (C=O) groups is 1. The van der Waals surface area contributed by atoms with Crippen LogP contribution in [-0.4, -0.2) is 29.9 Å². The number of nitrogens with two attached hydrogens (primary N) is 1. The lowest BCUT2D eigenvalue weighted by molar-refractivity contribution is 0.0908. The molecule has 3 rings (SSSR count). The molecule has 0 spiro atoms. The van der Waals surface area contributed by atoms with Gasteiger partial charge in [-0.15, -0.1) is 24.8 Å². The van der Waals surface area contributed by atoms with Crippen LogP contribution in [0.15, 0.2) is 45.5 Å². The van der Waals surface area contributed by atoms with Crippen molar-refractivity contribution in [1.29, 1.82) is 0 Å². The first-order valence-electron chi connectivity index (χ1n) is 8.19. The minimum absolute atomic E-state index is 0. The van der Waals surface area contributed by atoms with Gasteiger partial charge in [0.2, 0.25) is 0 Å². The van der Waals surface area contributed by atoms with Crippen molar-refractivity contribution in [3.05, 3.63) is 58.0 Å². The first-order chi connectivity index (χ1) is 11.6. The molecule has 0 aliphatic carbocycles. The van der Waals surface area contributed by atoms with Crippen molar-refractivity contribution >= 4 is 46.7 Å². The second-order valence-corrected chi connectivity index (χ2v) is 7.07. The Morgan fingerprint density at radius 2 is 1.88 bits per heavy atom. The van der Waals surface area contributed by atoms with Crippen LogP contribution >= 0.6 is 40.7 Å². The number of furan rings is 1. The van der Waals surface area contributed by atoms with Crippen LogP contribution in [0.25, 0.3) is 0 Å². The Kier molecular flexibility index (Phi) is 9.68.